The van der Waals surface area contributed by atoms with Gasteiger partial charge in [0.25, 0.3) is 5.91 Å². The van der Waals surface area contributed by atoms with Crippen molar-refractivity contribution in [2.75, 3.05) is 7.11 Å². The van der Waals surface area contributed by atoms with E-state index in [-0.39, 0.29) is 5.91 Å². The third-order valence-electron chi connectivity index (χ3n) is 2.77. The monoisotopic (exact) mass is 316 g/mol. The Balaban J connectivity index is 1.78. The van der Waals surface area contributed by atoms with Crippen molar-refractivity contribution in [3.8, 4) is 5.75 Å². The number of nitrogens with one attached hydrogen (secondary N) is 1. The van der Waals surface area contributed by atoms with Crippen LogP contribution in [0.5, 0.6) is 5.75 Å². The molecule has 21 heavy (non-hydrogen) atoms. The first-order valence-electron chi connectivity index (χ1n) is 6.22. The highest BCUT2D eigenvalue weighted by atomic mass is 32.2. The summed E-state index contributed by atoms with van der Waals surface area (Å²) in [5.41, 5.74) is 0.774. The molecule has 3 rings (SSSR count). The lowest BCUT2D eigenvalue weighted by atomic mass is 10.3. The van der Waals surface area contributed by atoms with E-state index >= 15 is 0 Å². The van der Waals surface area contributed by atoms with Crippen molar-refractivity contribution in [3.63, 3.8) is 0 Å². The molecule has 0 atom stereocenters. The van der Waals surface area contributed by atoms with E-state index in [1.807, 2.05) is 47.9 Å². The predicted octanol–water partition coefficient (Wildman–Crippen LogP) is 3.65. The molecule has 2 aromatic rings. The fraction of sp³-hybridized carbons (Fsp3) is 0.0667. The number of methoxy groups -OCH3 is 1. The number of ether oxygens (including phenoxy) is 1. The number of rotatable bonds is 3. The molecule has 2 heterocycles. The van der Waals surface area contributed by atoms with Gasteiger partial charge in [-0.1, -0.05) is 6.07 Å². The van der Waals surface area contributed by atoms with Crippen molar-refractivity contribution >= 4 is 45.9 Å². The van der Waals surface area contributed by atoms with E-state index < -0.39 is 0 Å². The molecule has 6 heteroatoms. The molecule has 1 aliphatic rings. The summed E-state index contributed by atoms with van der Waals surface area (Å²) in [7, 11) is 1.62. The molecule has 1 aromatic heterocycles. The maximum Gasteiger partial charge on any atom is 0.264 e. The Bertz CT molecular complexity index is 704. The van der Waals surface area contributed by atoms with Crippen molar-refractivity contribution in [2.45, 2.75) is 0 Å². The zero-order valence-electron chi connectivity index (χ0n) is 11.2. The number of benzene rings is 1. The average Bonchev–Trinajstić information content (AvgIpc) is 3.11. The van der Waals surface area contributed by atoms with E-state index in [1.54, 1.807) is 18.4 Å². The number of thioether (sulfide) groups is 1. The largest absolute Gasteiger partial charge is 0.497 e. The van der Waals surface area contributed by atoms with Crippen LogP contribution in [0, 0.1) is 0 Å². The quantitative estimate of drug-likeness (QED) is 0.879. The Hall–Kier alpha value is -2.05. The highest BCUT2D eigenvalue weighted by molar-refractivity contribution is 8.18. The summed E-state index contributed by atoms with van der Waals surface area (Å²) in [6.07, 6.45) is 1.88. The molecule has 106 valence electrons. The van der Waals surface area contributed by atoms with Crippen LogP contribution in [0.2, 0.25) is 0 Å². The lowest BCUT2D eigenvalue weighted by Gasteiger charge is -1.99. The first-order valence-corrected chi connectivity index (χ1v) is 7.91. The first-order chi connectivity index (χ1) is 10.2. The molecule has 0 aliphatic carbocycles. The first kappa shape index (κ1) is 13.9. The molecule has 1 aliphatic heterocycles. The van der Waals surface area contributed by atoms with Crippen molar-refractivity contribution < 1.29 is 9.53 Å². The van der Waals surface area contributed by atoms with Crippen molar-refractivity contribution in [1.29, 1.82) is 0 Å². The maximum absolute atomic E-state index is 11.9. The molecule has 0 saturated carbocycles. The summed E-state index contributed by atoms with van der Waals surface area (Å²) in [6.45, 7) is 0. The molecule has 1 aromatic carbocycles. The van der Waals surface area contributed by atoms with Crippen LogP contribution in [0.25, 0.3) is 6.08 Å². The lowest BCUT2D eigenvalue weighted by Crippen LogP contribution is -2.19. The van der Waals surface area contributed by atoms with Gasteiger partial charge in [-0.05, 0) is 53.5 Å². The Morgan fingerprint density at radius 3 is 2.71 bits per heavy atom. The van der Waals surface area contributed by atoms with Gasteiger partial charge in [0.2, 0.25) is 0 Å². The third kappa shape index (κ3) is 3.34. The molecular formula is C15H12N2O2S2. The maximum atomic E-state index is 11.9. The lowest BCUT2D eigenvalue weighted by molar-refractivity contribution is -0.115. The summed E-state index contributed by atoms with van der Waals surface area (Å²) in [5, 5.41) is 5.35. The van der Waals surface area contributed by atoms with Gasteiger partial charge in [0.05, 0.1) is 17.7 Å². The van der Waals surface area contributed by atoms with Crippen molar-refractivity contribution in [3.05, 3.63) is 51.6 Å². The van der Waals surface area contributed by atoms with Crippen molar-refractivity contribution in [1.82, 2.24) is 5.32 Å². The molecule has 1 N–H and O–H groups in total. The van der Waals surface area contributed by atoms with Crippen LogP contribution in [-0.2, 0) is 4.79 Å². The van der Waals surface area contributed by atoms with Crippen LogP contribution in [0.1, 0.15) is 4.88 Å². The van der Waals surface area contributed by atoms with Crippen LogP contribution in [0.4, 0.5) is 5.69 Å². The number of carbonyl (C=O) groups is 1. The van der Waals surface area contributed by atoms with Gasteiger partial charge in [-0.15, -0.1) is 11.3 Å². The summed E-state index contributed by atoms with van der Waals surface area (Å²) in [5.74, 6) is 0.668. The molecule has 1 saturated heterocycles. The van der Waals surface area contributed by atoms with E-state index in [4.69, 9.17) is 4.74 Å². The second-order valence-corrected chi connectivity index (χ2v) is 6.21. The van der Waals surface area contributed by atoms with Gasteiger partial charge in [-0.2, -0.15) is 0 Å². The normalized spacial score (nSPS) is 18.2. The molecule has 0 bridgehead atoms. The van der Waals surface area contributed by atoms with Gasteiger partial charge in [0, 0.05) is 4.88 Å². The van der Waals surface area contributed by atoms with E-state index in [0.29, 0.717) is 10.1 Å². The second-order valence-electron chi connectivity index (χ2n) is 4.20. The number of amides is 1. The van der Waals surface area contributed by atoms with Gasteiger partial charge < -0.3 is 10.1 Å². The molecule has 1 amide bonds. The highest BCUT2D eigenvalue weighted by Crippen LogP contribution is 2.29. The SMILES string of the molecule is COc1ccc(N=C2NC(=O)/C(=C\c3cccs3)S2)cc1. The fourth-order valence-electron chi connectivity index (χ4n) is 1.76. The zero-order chi connectivity index (χ0) is 14.7. The number of carbonyl (C=O) groups excluding carboxylic acids is 1. The Kier molecular flexibility index (Phi) is 4.08. The van der Waals surface area contributed by atoms with Crippen LogP contribution < -0.4 is 10.1 Å². The summed E-state index contributed by atoms with van der Waals surface area (Å²) < 4.78 is 5.10. The minimum absolute atomic E-state index is 0.110. The minimum atomic E-state index is -0.110. The second kappa shape index (κ2) is 6.15. The Labute approximate surface area is 130 Å². The molecule has 0 spiro atoms. The molecule has 0 radical (unpaired) electrons. The van der Waals surface area contributed by atoms with Crippen molar-refractivity contribution in [2.24, 2.45) is 4.99 Å². The topological polar surface area (TPSA) is 50.7 Å². The summed E-state index contributed by atoms with van der Waals surface area (Å²) in [6, 6.07) is 11.3. The molecule has 1 fully saturated rings. The fourth-order valence-corrected chi connectivity index (χ4v) is 3.32. The van der Waals surface area contributed by atoms with Gasteiger partial charge in [0.15, 0.2) is 5.17 Å². The van der Waals surface area contributed by atoms with Crippen LogP contribution in [0.3, 0.4) is 0 Å². The number of hydrogen-bond donors (Lipinski definition) is 1. The number of nitrogens with zero attached hydrogens (tertiary/aromatic N) is 1. The highest BCUT2D eigenvalue weighted by Gasteiger charge is 2.23. The Morgan fingerprint density at radius 1 is 1.24 bits per heavy atom. The summed E-state index contributed by atoms with van der Waals surface area (Å²) >= 11 is 2.95. The number of thiophene rings is 1. The standard InChI is InChI=1S/C15H12N2O2S2/c1-19-11-6-4-10(5-7-11)16-15-17-14(18)13(21-15)9-12-3-2-8-20-12/h2-9H,1H3,(H,16,17,18)/b13-9+. The van der Waals surface area contributed by atoms with E-state index in [2.05, 4.69) is 10.3 Å². The zero-order valence-corrected chi connectivity index (χ0v) is 12.8. The number of hydrogen-bond acceptors (Lipinski definition) is 5. The van der Waals surface area contributed by atoms with E-state index in [9.17, 15) is 4.79 Å². The average molecular weight is 316 g/mol. The van der Waals surface area contributed by atoms with E-state index in [1.165, 1.54) is 11.8 Å². The molecular weight excluding hydrogens is 304 g/mol. The molecule has 4 nitrogen and oxygen atoms in total. The Morgan fingerprint density at radius 2 is 2.05 bits per heavy atom. The van der Waals surface area contributed by atoms with Gasteiger partial charge in [-0.3, -0.25) is 4.79 Å². The number of aliphatic imine (C=N–C) groups is 1. The minimum Gasteiger partial charge on any atom is -0.497 e. The smallest absolute Gasteiger partial charge is 0.264 e. The van der Waals surface area contributed by atoms with Gasteiger partial charge in [-0.25, -0.2) is 4.99 Å². The molecule has 0 unspecified atom stereocenters. The summed E-state index contributed by atoms with van der Waals surface area (Å²) in [4.78, 5) is 18.0. The van der Waals surface area contributed by atoms with Crippen LogP contribution in [-0.4, -0.2) is 18.2 Å². The van der Waals surface area contributed by atoms with Crippen LogP contribution >= 0.6 is 23.1 Å². The van der Waals surface area contributed by atoms with Crippen LogP contribution in [0.15, 0.2) is 51.7 Å². The third-order valence-corrected chi connectivity index (χ3v) is 4.50. The van der Waals surface area contributed by atoms with Gasteiger partial charge >= 0.3 is 0 Å². The number of amidine groups is 1. The van der Waals surface area contributed by atoms with Gasteiger partial charge in [0.1, 0.15) is 5.75 Å². The predicted molar refractivity (Wildman–Crippen MR) is 88.1 cm³/mol. The van der Waals surface area contributed by atoms with E-state index in [0.717, 1.165) is 16.3 Å².